The van der Waals surface area contributed by atoms with Gasteiger partial charge in [0.2, 0.25) is 0 Å². The molecular weight excluding hydrogens is 270 g/mol. The van der Waals surface area contributed by atoms with Crippen LogP contribution in [0.4, 0.5) is 0 Å². The van der Waals surface area contributed by atoms with Gasteiger partial charge in [0.15, 0.2) is 0 Å². The topological polar surface area (TPSA) is 79.5 Å². The second kappa shape index (κ2) is 7.29. The standard InChI is InChI=1S/C16H25NO4/c1-11-9-12(10-21-11)15(20)17-8-7-13(16(2,3)4)5-6-14(18)19/h9-10,13H,5-8H2,1-4H3,(H,17,20)(H,18,19). The van der Waals surface area contributed by atoms with Crippen molar-refractivity contribution in [1.29, 1.82) is 0 Å². The van der Waals surface area contributed by atoms with Crippen molar-refractivity contribution in [3.05, 3.63) is 23.7 Å². The van der Waals surface area contributed by atoms with E-state index in [1.54, 1.807) is 13.0 Å². The second-order valence-electron chi connectivity index (χ2n) is 6.49. The Bertz CT molecular complexity index is 485. The molecule has 1 amide bonds. The van der Waals surface area contributed by atoms with Crippen molar-refractivity contribution >= 4 is 11.9 Å². The minimum absolute atomic E-state index is 0.0202. The van der Waals surface area contributed by atoms with Crippen molar-refractivity contribution in [1.82, 2.24) is 5.32 Å². The Labute approximate surface area is 125 Å². The summed E-state index contributed by atoms with van der Waals surface area (Å²) in [6, 6.07) is 1.70. The summed E-state index contributed by atoms with van der Waals surface area (Å²) in [5.41, 5.74) is 0.539. The molecule has 0 aliphatic carbocycles. The molecule has 5 heteroatoms. The van der Waals surface area contributed by atoms with Crippen LogP contribution < -0.4 is 5.32 Å². The molecule has 0 saturated carbocycles. The fourth-order valence-electron chi connectivity index (χ4n) is 2.33. The molecule has 0 fully saturated rings. The van der Waals surface area contributed by atoms with Crippen LogP contribution in [0.5, 0.6) is 0 Å². The number of aliphatic carboxylic acids is 1. The van der Waals surface area contributed by atoms with Gasteiger partial charge < -0.3 is 14.8 Å². The lowest BCUT2D eigenvalue weighted by molar-refractivity contribution is -0.137. The number of aryl methyl sites for hydroxylation is 1. The minimum atomic E-state index is -0.776. The fraction of sp³-hybridized carbons (Fsp3) is 0.625. The molecule has 1 aromatic heterocycles. The average Bonchev–Trinajstić information content (AvgIpc) is 2.78. The molecule has 0 aliphatic rings. The number of amides is 1. The lowest BCUT2D eigenvalue weighted by Crippen LogP contribution is -2.29. The number of carbonyl (C=O) groups is 2. The minimum Gasteiger partial charge on any atom is -0.481 e. The summed E-state index contributed by atoms with van der Waals surface area (Å²) in [7, 11) is 0. The smallest absolute Gasteiger partial charge is 0.303 e. The van der Waals surface area contributed by atoms with Gasteiger partial charge in [-0.15, -0.1) is 0 Å². The Hall–Kier alpha value is -1.78. The van der Waals surface area contributed by atoms with Gasteiger partial charge in [-0.2, -0.15) is 0 Å². The summed E-state index contributed by atoms with van der Waals surface area (Å²) in [5, 5.41) is 11.7. The predicted octanol–water partition coefficient (Wildman–Crippen LogP) is 3.24. The van der Waals surface area contributed by atoms with E-state index in [0.29, 0.717) is 24.3 Å². The van der Waals surface area contributed by atoms with Crippen LogP contribution in [-0.2, 0) is 4.79 Å². The number of carboxylic acid groups (broad SMARTS) is 1. The number of hydrogen-bond acceptors (Lipinski definition) is 3. The van der Waals surface area contributed by atoms with E-state index >= 15 is 0 Å². The van der Waals surface area contributed by atoms with E-state index in [-0.39, 0.29) is 23.7 Å². The normalized spacial score (nSPS) is 13.0. The number of carboxylic acids is 1. The highest BCUT2D eigenvalue weighted by Crippen LogP contribution is 2.32. The van der Waals surface area contributed by atoms with Crippen molar-refractivity contribution < 1.29 is 19.1 Å². The van der Waals surface area contributed by atoms with E-state index < -0.39 is 5.97 Å². The SMILES string of the molecule is Cc1cc(C(=O)NCCC(CCC(=O)O)C(C)(C)C)co1. The van der Waals surface area contributed by atoms with Gasteiger partial charge in [-0.25, -0.2) is 0 Å². The zero-order chi connectivity index (χ0) is 16.0. The van der Waals surface area contributed by atoms with Gasteiger partial charge in [-0.3, -0.25) is 9.59 Å². The van der Waals surface area contributed by atoms with Crippen molar-refractivity contribution in [2.45, 2.75) is 47.0 Å². The van der Waals surface area contributed by atoms with Crippen LogP contribution in [0, 0.1) is 18.3 Å². The van der Waals surface area contributed by atoms with Gasteiger partial charge in [-0.1, -0.05) is 20.8 Å². The summed E-state index contributed by atoms with van der Waals surface area (Å²) in [5.74, 6) is 0.0223. The third-order valence-corrected chi connectivity index (χ3v) is 3.70. The monoisotopic (exact) mass is 295 g/mol. The summed E-state index contributed by atoms with van der Waals surface area (Å²) in [6.07, 6.45) is 2.99. The Kier molecular flexibility index (Phi) is 6.00. The molecule has 21 heavy (non-hydrogen) atoms. The molecule has 1 aromatic rings. The molecule has 0 saturated heterocycles. The van der Waals surface area contributed by atoms with Crippen LogP contribution in [-0.4, -0.2) is 23.5 Å². The van der Waals surface area contributed by atoms with Crippen molar-refractivity contribution in [2.24, 2.45) is 11.3 Å². The lowest BCUT2D eigenvalue weighted by Gasteiger charge is -2.30. The van der Waals surface area contributed by atoms with Crippen LogP contribution in [0.3, 0.4) is 0 Å². The zero-order valence-electron chi connectivity index (χ0n) is 13.2. The summed E-state index contributed by atoms with van der Waals surface area (Å²) in [6.45, 7) is 8.62. The summed E-state index contributed by atoms with van der Waals surface area (Å²) < 4.78 is 5.11. The van der Waals surface area contributed by atoms with Gasteiger partial charge in [0, 0.05) is 13.0 Å². The summed E-state index contributed by atoms with van der Waals surface area (Å²) >= 11 is 0. The van der Waals surface area contributed by atoms with Crippen LogP contribution in [0.1, 0.15) is 56.2 Å². The Morgan fingerprint density at radius 3 is 2.48 bits per heavy atom. The highest BCUT2D eigenvalue weighted by atomic mass is 16.4. The highest BCUT2D eigenvalue weighted by Gasteiger charge is 2.25. The molecule has 1 rings (SSSR count). The van der Waals surface area contributed by atoms with Gasteiger partial charge in [0.25, 0.3) is 5.91 Å². The number of furan rings is 1. The molecule has 2 N–H and O–H groups in total. The zero-order valence-corrected chi connectivity index (χ0v) is 13.2. The molecule has 0 bridgehead atoms. The second-order valence-corrected chi connectivity index (χ2v) is 6.49. The maximum absolute atomic E-state index is 11.9. The highest BCUT2D eigenvalue weighted by molar-refractivity contribution is 5.93. The molecule has 0 radical (unpaired) electrons. The van der Waals surface area contributed by atoms with Gasteiger partial charge in [-0.05, 0) is 37.2 Å². The number of hydrogen-bond donors (Lipinski definition) is 2. The van der Waals surface area contributed by atoms with E-state index in [9.17, 15) is 9.59 Å². The van der Waals surface area contributed by atoms with Crippen LogP contribution in [0.15, 0.2) is 16.7 Å². The van der Waals surface area contributed by atoms with Crippen LogP contribution >= 0.6 is 0 Å². The van der Waals surface area contributed by atoms with Crippen LogP contribution in [0.25, 0.3) is 0 Å². The maximum Gasteiger partial charge on any atom is 0.303 e. The first-order valence-corrected chi connectivity index (χ1v) is 7.25. The Morgan fingerprint density at radius 1 is 1.33 bits per heavy atom. The van der Waals surface area contributed by atoms with Gasteiger partial charge >= 0.3 is 5.97 Å². The molecule has 0 aliphatic heterocycles. The molecule has 1 heterocycles. The third kappa shape index (κ3) is 6.02. The number of carbonyl (C=O) groups excluding carboxylic acids is 1. The van der Waals surface area contributed by atoms with Crippen molar-refractivity contribution in [2.75, 3.05) is 6.54 Å². The quantitative estimate of drug-likeness (QED) is 0.809. The first-order chi connectivity index (χ1) is 9.70. The predicted molar refractivity (Wildman–Crippen MR) is 80.2 cm³/mol. The van der Waals surface area contributed by atoms with Crippen LogP contribution in [0.2, 0.25) is 0 Å². The Balaban J connectivity index is 2.46. The number of nitrogens with one attached hydrogen (secondary N) is 1. The van der Waals surface area contributed by atoms with E-state index in [4.69, 9.17) is 9.52 Å². The van der Waals surface area contributed by atoms with E-state index in [2.05, 4.69) is 26.1 Å². The fourth-order valence-corrected chi connectivity index (χ4v) is 2.33. The molecule has 1 unspecified atom stereocenters. The van der Waals surface area contributed by atoms with E-state index in [1.807, 2.05) is 0 Å². The van der Waals surface area contributed by atoms with E-state index in [0.717, 1.165) is 6.42 Å². The van der Waals surface area contributed by atoms with E-state index in [1.165, 1.54) is 6.26 Å². The molecular formula is C16H25NO4. The first-order valence-electron chi connectivity index (χ1n) is 7.25. The van der Waals surface area contributed by atoms with Crippen molar-refractivity contribution in [3.8, 4) is 0 Å². The average molecular weight is 295 g/mol. The largest absolute Gasteiger partial charge is 0.481 e. The van der Waals surface area contributed by atoms with Gasteiger partial charge in [0.05, 0.1) is 5.56 Å². The Morgan fingerprint density at radius 2 is 2.00 bits per heavy atom. The molecule has 1 atom stereocenters. The molecule has 0 spiro atoms. The summed E-state index contributed by atoms with van der Waals surface area (Å²) in [4.78, 5) is 22.6. The number of rotatable bonds is 7. The molecule has 0 aromatic carbocycles. The third-order valence-electron chi connectivity index (χ3n) is 3.70. The molecule has 5 nitrogen and oxygen atoms in total. The molecule has 118 valence electrons. The van der Waals surface area contributed by atoms with Gasteiger partial charge in [0.1, 0.15) is 12.0 Å². The maximum atomic E-state index is 11.9. The first kappa shape index (κ1) is 17.3. The van der Waals surface area contributed by atoms with Crippen molar-refractivity contribution in [3.63, 3.8) is 0 Å². The lowest BCUT2D eigenvalue weighted by atomic mass is 9.76.